The lowest BCUT2D eigenvalue weighted by Crippen LogP contribution is -2.41. The summed E-state index contributed by atoms with van der Waals surface area (Å²) in [5.41, 5.74) is 1.67. The zero-order valence-electron chi connectivity index (χ0n) is 16.1. The third-order valence-electron chi connectivity index (χ3n) is 4.10. The number of thioether (sulfide) groups is 1. The number of anilines is 1. The number of nitrogens with zero attached hydrogens (tertiary/aromatic N) is 1. The van der Waals surface area contributed by atoms with E-state index in [1.54, 1.807) is 30.1 Å². The Morgan fingerprint density at radius 3 is 2.43 bits per heavy atom. The summed E-state index contributed by atoms with van der Waals surface area (Å²) in [4.78, 5) is 17.4. The van der Waals surface area contributed by atoms with E-state index in [0.29, 0.717) is 5.69 Å². The molecule has 0 aliphatic heterocycles. The highest BCUT2D eigenvalue weighted by atomic mass is 32.2. The molecule has 3 rings (SSSR count). The molecule has 0 saturated carbocycles. The maximum absolute atomic E-state index is 13.0. The molecule has 3 aromatic rings. The van der Waals surface area contributed by atoms with Crippen LogP contribution in [-0.2, 0) is 20.6 Å². The van der Waals surface area contributed by atoms with Crippen molar-refractivity contribution in [1.82, 2.24) is 9.71 Å². The molecule has 6 nitrogen and oxygen atoms in total. The lowest BCUT2D eigenvalue weighted by Gasteiger charge is -2.15. The summed E-state index contributed by atoms with van der Waals surface area (Å²) in [5.74, 6) is -0.264. The molecule has 2 N–H and O–H groups in total. The molecular formula is C21H20FN3O3S2. The first kappa shape index (κ1) is 21.9. The van der Waals surface area contributed by atoms with Crippen LogP contribution in [0.15, 0.2) is 82.8 Å². The third-order valence-corrected chi connectivity index (χ3v) is 6.74. The van der Waals surface area contributed by atoms with Gasteiger partial charge in [0.25, 0.3) is 0 Å². The number of benzene rings is 2. The van der Waals surface area contributed by atoms with Crippen LogP contribution in [0.3, 0.4) is 0 Å². The van der Waals surface area contributed by atoms with Gasteiger partial charge in [-0.25, -0.2) is 12.8 Å². The van der Waals surface area contributed by atoms with Crippen LogP contribution in [0.1, 0.15) is 12.5 Å². The highest BCUT2D eigenvalue weighted by Crippen LogP contribution is 2.24. The first-order chi connectivity index (χ1) is 14.3. The van der Waals surface area contributed by atoms with E-state index in [0.717, 1.165) is 40.5 Å². The van der Waals surface area contributed by atoms with Crippen molar-refractivity contribution in [3.05, 3.63) is 84.4 Å². The number of amides is 1. The minimum absolute atomic E-state index is 0.112. The minimum atomic E-state index is -3.94. The van der Waals surface area contributed by atoms with E-state index in [2.05, 4.69) is 15.0 Å². The van der Waals surface area contributed by atoms with Gasteiger partial charge in [-0.2, -0.15) is 4.72 Å². The van der Waals surface area contributed by atoms with Gasteiger partial charge in [-0.1, -0.05) is 6.07 Å². The van der Waals surface area contributed by atoms with Crippen LogP contribution in [0.2, 0.25) is 0 Å². The average Bonchev–Trinajstić information content (AvgIpc) is 2.74. The van der Waals surface area contributed by atoms with Gasteiger partial charge >= 0.3 is 0 Å². The number of carbonyl (C=O) groups excluding carboxylic acids is 1. The number of hydrogen-bond acceptors (Lipinski definition) is 5. The van der Waals surface area contributed by atoms with Crippen molar-refractivity contribution in [1.29, 1.82) is 0 Å². The van der Waals surface area contributed by atoms with Gasteiger partial charge in [0.05, 0.1) is 10.9 Å². The van der Waals surface area contributed by atoms with Gasteiger partial charge in [0, 0.05) is 28.7 Å². The van der Waals surface area contributed by atoms with Crippen molar-refractivity contribution in [3.63, 3.8) is 0 Å². The number of carbonyl (C=O) groups is 1. The third kappa shape index (κ3) is 6.12. The second-order valence-corrected chi connectivity index (χ2v) is 9.22. The zero-order chi connectivity index (χ0) is 21.6. The van der Waals surface area contributed by atoms with Gasteiger partial charge in [0.2, 0.25) is 15.9 Å². The zero-order valence-corrected chi connectivity index (χ0v) is 17.7. The number of rotatable bonds is 8. The molecule has 1 atom stereocenters. The smallest absolute Gasteiger partial charge is 0.242 e. The van der Waals surface area contributed by atoms with Crippen molar-refractivity contribution in [3.8, 4) is 0 Å². The fourth-order valence-electron chi connectivity index (χ4n) is 2.50. The van der Waals surface area contributed by atoms with Crippen molar-refractivity contribution in [2.45, 2.75) is 28.5 Å². The first-order valence-corrected chi connectivity index (χ1v) is 11.5. The quantitative estimate of drug-likeness (QED) is 0.515. The molecule has 1 unspecified atom stereocenters. The molecule has 9 heteroatoms. The standard InChI is InChI=1S/C21H20FN3O3S2/c1-15(25-30(27,28)20-10-4-17(22)5-11-20)21(26)24-18-6-8-19(9-7-18)29-14-16-3-2-12-23-13-16/h2-13,15,25H,14H2,1H3,(H,24,26). The summed E-state index contributed by atoms with van der Waals surface area (Å²) in [6.45, 7) is 1.44. The van der Waals surface area contributed by atoms with Crippen LogP contribution in [-0.4, -0.2) is 25.4 Å². The van der Waals surface area contributed by atoms with Crippen LogP contribution in [0, 0.1) is 5.82 Å². The van der Waals surface area contributed by atoms with E-state index in [1.165, 1.54) is 6.92 Å². The fourth-order valence-corrected chi connectivity index (χ4v) is 4.54. The summed E-state index contributed by atoms with van der Waals surface area (Å²) in [6.07, 6.45) is 3.54. The summed E-state index contributed by atoms with van der Waals surface area (Å²) >= 11 is 1.64. The molecule has 2 aromatic carbocycles. The monoisotopic (exact) mass is 445 g/mol. The Kier molecular flexibility index (Phi) is 7.20. The predicted molar refractivity (Wildman–Crippen MR) is 115 cm³/mol. The Morgan fingerprint density at radius 1 is 1.10 bits per heavy atom. The number of nitrogens with one attached hydrogen (secondary N) is 2. The van der Waals surface area contributed by atoms with E-state index >= 15 is 0 Å². The molecule has 0 radical (unpaired) electrons. The normalized spacial score (nSPS) is 12.3. The molecule has 0 spiro atoms. The van der Waals surface area contributed by atoms with Crippen LogP contribution in [0.25, 0.3) is 0 Å². The van der Waals surface area contributed by atoms with Gasteiger partial charge < -0.3 is 5.32 Å². The largest absolute Gasteiger partial charge is 0.325 e. The lowest BCUT2D eigenvalue weighted by atomic mass is 10.3. The summed E-state index contributed by atoms with van der Waals surface area (Å²) in [5, 5.41) is 2.68. The topological polar surface area (TPSA) is 88.2 Å². The Hall–Kier alpha value is -2.75. The van der Waals surface area contributed by atoms with Gasteiger partial charge in [-0.05, 0) is 67.1 Å². The molecule has 0 bridgehead atoms. The van der Waals surface area contributed by atoms with E-state index in [9.17, 15) is 17.6 Å². The molecule has 0 fully saturated rings. The second-order valence-electron chi connectivity index (χ2n) is 6.46. The van der Waals surface area contributed by atoms with E-state index in [4.69, 9.17) is 0 Å². The maximum Gasteiger partial charge on any atom is 0.242 e. The molecule has 156 valence electrons. The predicted octanol–water partition coefficient (Wildman–Crippen LogP) is 3.82. The van der Waals surface area contributed by atoms with Crippen molar-refractivity contribution >= 4 is 33.4 Å². The SMILES string of the molecule is CC(NS(=O)(=O)c1ccc(F)cc1)C(=O)Nc1ccc(SCc2cccnc2)cc1. The number of pyridine rings is 1. The van der Waals surface area contributed by atoms with Crippen LogP contribution < -0.4 is 10.0 Å². The first-order valence-electron chi connectivity index (χ1n) is 9.04. The Bertz CT molecular complexity index is 1090. The minimum Gasteiger partial charge on any atom is -0.325 e. The molecule has 0 saturated heterocycles. The van der Waals surface area contributed by atoms with Crippen LogP contribution in [0.4, 0.5) is 10.1 Å². The molecule has 1 amide bonds. The Labute approximate surface area is 179 Å². The van der Waals surface area contributed by atoms with E-state index in [-0.39, 0.29) is 4.90 Å². The van der Waals surface area contributed by atoms with Crippen LogP contribution in [0.5, 0.6) is 0 Å². The summed E-state index contributed by atoms with van der Waals surface area (Å²) in [6, 6.07) is 14.5. The number of aromatic nitrogens is 1. The number of hydrogen-bond donors (Lipinski definition) is 2. The molecule has 0 aliphatic carbocycles. The average molecular weight is 446 g/mol. The molecule has 0 aliphatic rings. The van der Waals surface area contributed by atoms with Crippen molar-refractivity contribution in [2.75, 3.05) is 5.32 Å². The Balaban J connectivity index is 1.55. The molecule has 1 heterocycles. The van der Waals surface area contributed by atoms with Gasteiger partial charge in [0.1, 0.15) is 5.82 Å². The maximum atomic E-state index is 13.0. The Morgan fingerprint density at radius 2 is 1.80 bits per heavy atom. The molecule has 30 heavy (non-hydrogen) atoms. The van der Waals surface area contributed by atoms with Gasteiger partial charge in [-0.3, -0.25) is 9.78 Å². The van der Waals surface area contributed by atoms with E-state index < -0.39 is 27.8 Å². The molecular weight excluding hydrogens is 425 g/mol. The van der Waals surface area contributed by atoms with Crippen LogP contribution >= 0.6 is 11.8 Å². The highest BCUT2D eigenvalue weighted by Gasteiger charge is 2.22. The summed E-state index contributed by atoms with van der Waals surface area (Å²) < 4.78 is 39.9. The summed E-state index contributed by atoms with van der Waals surface area (Å²) in [7, 11) is -3.94. The number of sulfonamides is 1. The van der Waals surface area contributed by atoms with E-state index in [1.807, 2.05) is 30.5 Å². The van der Waals surface area contributed by atoms with Gasteiger partial charge in [0.15, 0.2) is 0 Å². The highest BCUT2D eigenvalue weighted by molar-refractivity contribution is 7.98. The fraction of sp³-hybridized carbons (Fsp3) is 0.143. The molecule has 1 aromatic heterocycles. The lowest BCUT2D eigenvalue weighted by molar-refractivity contribution is -0.117. The van der Waals surface area contributed by atoms with Crippen molar-refractivity contribution in [2.24, 2.45) is 0 Å². The van der Waals surface area contributed by atoms with Gasteiger partial charge in [-0.15, -0.1) is 11.8 Å². The van der Waals surface area contributed by atoms with Crippen molar-refractivity contribution < 1.29 is 17.6 Å². The second kappa shape index (κ2) is 9.84. The number of halogens is 1.